The third-order valence-corrected chi connectivity index (χ3v) is 7.40. The van der Waals surface area contributed by atoms with Crippen LogP contribution in [0.15, 0.2) is 63.8 Å². The predicted molar refractivity (Wildman–Crippen MR) is 155 cm³/mol. The standard InChI is InChI=1S/C31H36N4O5/c1-30(2,3)40-29(38)33-31(16-9-17-31)22-14-12-21(13-15-22)25-23(20-10-7-6-8-11-20)24-26(39-25)32-28(34(4)18-19-36)35(5)27(24)37/h6-8,10-15,36H,9,16-19H2,1-5H3,(H,33,38). The maximum absolute atomic E-state index is 13.7. The van der Waals surface area contributed by atoms with Crippen LogP contribution in [0.4, 0.5) is 10.7 Å². The van der Waals surface area contributed by atoms with E-state index in [0.29, 0.717) is 29.2 Å². The third kappa shape index (κ3) is 5.09. The Bertz CT molecular complexity index is 1580. The molecule has 0 spiro atoms. The molecule has 210 valence electrons. The minimum Gasteiger partial charge on any atom is -0.444 e. The molecule has 4 aromatic rings. The summed E-state index contributed by atoms with van der Waals surface area (Å²) in [5.74, 6) is 0.948. The van der Waals surface area contributed by atoms with Gasteiger partial charge in [-0.05, 0) is 51.2 Å². The molecule has 2 aromatic heterocycles. The number of nitrogens with zero attached hydrogens (tertiary/aromatic N) is 3. The number of anilines is 1. The number of hydrogen-bond donors (Lipinski definition) is 2. The summed E-state index contributed by atoms with van der Waals surface area (Å²) in [5, 5.41) is 12.9. The smallest absolute Gasteiger partial charge is 0.408 e. The van der Waals surface area contributed by atoms with Gasteiger partial charge in [0.15, 0.2) is 0 Å². The number of carbonyl (C=O) groups is 1. The Balaban J connectivity index is 1.59. The average Bonchev–Trinajstić information content (AvgIpc) is 3.28. The number of aliphatic hydroxyl groups excluding tert-OH is 1. The molecule has 9 heteroatoms. The molecule has 0 radical (unpaired) electrons. The van der Waals surface area contributed by atoms with Crippen LogP contribution >= 0.6 is 0 Å². The highest BCUT2D eigenvalue weighted by Crippen LogP contribution is 2.44. The summed E-state index contributed by atoms with van der Waals surface area (Å²) in [5.41, 5.74) is 2.27. The van der Waals surface area contributed by atoms with Gasteiger partial charge in [0, 0.05) is 31.8 Å². The van der Waals surface area contributed by atoms with Crippen LogP contribution in [0, 0.1) is 0 Å². The van der Waals surface area contributed by atoms with Gasteiger partial charge in [0.25, 0.3) is 5.56 Å². The van der Waals surface area contributed by atoms with E-state index in [9.17, 15) is 14.7 Å². The number of benzene rings is 2. The summed E-state index contributed by atoms with van der Waals surface area (Å²) in [6.45, 7) is 5.80. The quantitative estimate of drug-likeness (QED) is 0.329. The molecule has 5 rings (SSSR count). The second kappa shape index (κ2) is 10.5. The van der Waals surface area contributed by atoms with Crippen LogP contribution in [-0.4, -0.2) is 46.6 Å². The molecule has 0 bridgehead atoms. The zero-order valence-electron chi connectivity index (χ0n) is 23.7. The molecule has 0 aliphatic heterocycles. The summed E-state index contributed by atoms with van der Waals surface area (Å²) < 4.78 is 13.3. The summed E-state index contributed by atoms with van der Waals surface area (Å²) >= 11 is 0. The number of nitrogens with one attached hydrogen (secondary N) is 1. The summed E-state index contributed by atoms with van der Waals surface area (Å²) in [4.78, 5) is 32.6. The fraction of sp³-hybridized carbons (Fsp3) is 0.387. The molecule has 40 heavy (non-hydrogen) atoms. The SMILES string of the molecule is CN(CCO)c1nc2oc(-c3ccc(C4(NC(=O)OC(C)(C)C)CCC4)cc3)c(-c3ccccc3)c2c(=O)n1C. The number of likely N-dealkylation sites (N-methyl/N-ethyl adjacent to an activating group) is 1. The molecule has 0 atom stereocenters. The molecular weight excluding hydrogens is 508 g/mol. The number of hydrogen-bond acceptors (Lipinski definition) is 7. The number of ether oxygens (including phenoxy) is 1. The highest BCUT2D eigenvalue weighted by atomic mass is 16.6. The van der Waals surface area contributed by atoms with Crippen LogP contribution in [0.2, 0.25) is 0 Å². The zero-order chi connectivity index (χ0) is 28.7. The predicted octanol–water partition coefficient (Wildman–Crippen LogP) is 5.19. The molecular formula is C31H36N4O5. The number of fused-ring (bicyclic) bond motifs is 1. The van der Waals surface area contributed by atoms with Crippen LogP contribution in [0.5, 0.6) is 0 Å². The molecule has 1 amide bonds. The number of carbonyl (C=O) groups excluding carboxylic acids is 1. The number of aromatic nitrogens is 2. The van der Waals surface area contributed by atoms with Crippen molar-refractivity contribution >= 4 is 23.1 Å². The average molecular weight is 545 g/mol. The van der Waals surface area contributed by atoms with Gasteiger partial charge in [-0.2, -0.15) is 4.98 Å². The van der Waals surface area contributed by atoms with Gasteiger partial charge >= 0.3 is 6.09 Å². The first-order chi connectivity index (χ1) is 19.0. The lowest BCUT2D eigenvalue weighted by molar-refractivity contribution is 0.0377. The van der Waals surface area contributed by atoms with Crippen molar-refractivity contribution in [1.82, 2.24) is 14.9 Å². The largest absolute Gasteiger partial charge is 0.444 e. The van der Waals surface area contributed by atoms with Gasteiger partial charge < -0.3 is 24.5 Å². The van der Waals surface area contributed by atoms with Crippen LogP contribution < -0.4 is 15.8 Å². The van der Waals surface area contributed by atoms with E-state index in [2.05, 4.69) is 10.3 Å². The molecule has 2 N–H and O–H groups in total. The number of amides is 1. The van der Waals surface area contributed by atoms with Crippen molar-refractivity contribution in [2.75, 3.05) is 25.1 Å². The van der Waals surface area contributed by atoms with Crippen molar-refractivity contribution < 1.29 is 19.1 Å². The van der Waals surface area contributed by atoms with Gasteiger partial charge in [0.2, 0.25) is 11.7 Å². The van der Waals surface area contributed by atoms with Crippen LogP contribution in [0.25, 0.3) is 33.6 Å². The van der Waals surface area contributed by atoms with Gasteiger partial charge in [0.1, 0.15) is 16.7 Å². The van der Waals surface area contributed by atoms with Gasteiger partial charge in [-0.1, -0.05) is 54.6 Å². The number of alkyl carbamates (subject to hydrolysis) is 1. The zero-order valence-corrected chi connectivity index (χ0v) is 23.7. The minimum atomic E-state index is -0.578. The Labute approximate surface area is 233 Å². The molecule has 0 saturated heterocycles. The lowest BCUT2D eigenvalue weighted by atomic mass is 9.71. The highest BCUT2D eigenvalue weighted by Gasteiger charge is 2.41. The Morgan fingerprint density at radius 2 is 1.80 bits per heavy atom. The van der Waals surface area contributed by atoms with Crippen molar-refractivity contribution in [3.05, 3.63) is 70.5 Å². The van der Waals surface area contributed by atoms with E-state index >= 15 is 0 Å². The van der Waals surface area contributed by atoms with E-state index < -0.39 is 17.2 Å². The van der Waals surface area contributed by atoms with Gasteiger partial charge in [-0.25, -0.2) is 4.79 Å². The highest BCUT2D eigenvalue weighted by molar-refractivity contribution is 6.00. The Morgan fingerprint density at radius 1 is 1.12 bits per heavy atom. The molecule has 2 heterocycles. The monoisotopic (exact) mass is 544 g/mol. The topological polar surface area (TPSA) is 110 Å². The Kier molecular flexibility index (Phi) is 7.18. The molecule has 1 aliphatic rings. The molecule has 1 fully saturated rings. The van der Waals surface area contributed by atoms with E-state index in [0.717, 1.165) is 36.0 Å². The lowest BCUT2D eigenvalue weighted by Gasteiger charge is -2.43. The summed E-state index contributed by atoms with van der Waals surface area (Å²) in [6, 6.07) is 17.6. The van der Waals surface area contributed by atoms with Crippen molar-refractivity contribution in [3.63, 3.8) is 0 Å². The minimum absolute atomic E-state index is 0.0697. The van der Waals surface area contributed by atoms with Crippen LogP contribution in [0.3, 0.4) is 0 Å². The van der Waals surface area contributed by atoms with E-state index in [1.807, 2.05) is 75.4 Å². The van der Waals surface area contributed by atoms with E-state index in [4.69, 9.17) is 9.15 Å². The fourth-order valence-corrected chi connectivity index (χ4v) is 5.25. The van der Waals surface area contributed by atoms with E-state index in [1.54, 1.807) is 19.0 Å². The first-order valence-electron chi connectivity index (χ1n) is 13.6. The first-order valence-corrected chi connectivity index (χ1v) is 13.6. The third-order valence-electron chi connectivity index (χ3n) is 7.40. The molecule has 0 unspecified atom stereocenters. The molecule has 2 aromatic carbocycles. The second-order valence-electron chi connectivity index (χ2n) is 11.4. The molecule has 1 aliphatic carbocycles. The maximum Gasteiger partial charge on any atom is 0.408 e. The van der Waals surface area contributed by atoms with Crippen LogP contribution in [0.1, 0.15) is 45.6 Å². The fourth-order valence-electron chi connectivity index (χ4n) is 5.25. The lowest BCUT2D eigenvalue weighted by Crippen LogP contribution is -2.52. The molecule has 9 nitrogen and oxygen atoms in total. The number of rotatable bonds is 7. The number of furan rings is 1. The number of aliphatic hydroxyl groups is 1. The first kappa shape index (κ1) is 27.5. The van der Waals surface area contributed by atoms with E-state index in [1.165, 1.54) is 4.57 Å². The van der Waals surface area contributed by atoms with Crippen molar-refractivity contribution in [2.24, 2.45) is 7.05 Å². The van der Waals surface area contributed by atoms with Gasteiger partial charge in [-0.15, -0.1) is 0 Å². The summed E-state index contributed by atoms with van der Waals surface area (Å²) in [6.07, 6.45) is 2.25. The Morgan fingerprint density at radius 3 is 2.38 bits per heavy atom. The van der Waals surface area contributed by atoms with Gasteiger partial charge in [0.05, 0.1) is 12.1 Å². The normalized spacial score (nSPS) is 14.6. The van der Waals surface area contributed by atoms with Crippen LogP contribution in [-0.2, 0) is 17.3 Å². The maximum atomic E-state index is 13.7. The van der Waals surface area contributed by atoms with Crippen molar-refractivity contribution in [3.8, 4) is 22.5 Å². The Hall–Kier alpha value is -4.11. The van der Waals surface area contributed by atoms with Gasteiger partial charge in [-0.3, -0.25) is 9.36 Å². The summed E-state index contributed by atoms with van der Waals surface area (Å²) in [7, 11) is 3.44. The van der Waals surface area contributed by atoms with Crippen molar-refractivity contribution in [2.45, 2.75) is 51.2 Å². The van der Waals surface area contributed by atoms with E-state index in [-0.39, 0.29) is 17.9 Å². The second-order valence-corrected chi connectivity index (χ2v) is 11.4. The molecule has 1 saturated carbocycles. The van der Waals surface area contributed by atoms with Crippen molar-refractivity contribution in [1.29, 1.82) is 0 Å².